The van der Waals surface area contributed by atoms with E-state index in [0.717, 1.165) is 9.32 Å². The Morgan fingerprint density at radius 1 is 1.39 bits per heavy atom. The molecule has 0 aliphatic carbocycles. The Bertz CT molecular complexity index is 557. The predicted molar refractivity (Wildman–Crippen MR) is 73.9 cm³/mol. The Hall–Kier alpha value is -1.50. The highest BCUT2D eigenvalue weighted by atomic mass is 127. The van der Waals surface area contributed by atoms with Gasteiger partial charge in [0.15, 0.2) is 0 Å². The van der Waals surface area contributed by atoms with Crippen LogP contribution in [0.25, 0.3) is 0 Å². The third kappa shape index (κ3) is 3.04. The van der Waals surface area contributed by atoms with Crippen molar-refractivity contribution in [2.45, 2.75) is 13.5 Å². The fourth-order valence-electron chi connectivity index (χ4n) is 1.51. The fourth-order valence-corrected chi connectivity index (χ4v) is 1.87. The van der Waals surface area contributed by atoms with Gasteiger partial charge in [-0.3, -0.25) is 0 Å². The van der Waals surface area contributed by atoms with Crippen molar-refractivity contribution in [1.29, 1.82) is 0 Å². The van der Waals surface area contributed by atoms with Crippen molar-refractivity contribution in [1.82, 2.24) is 0 Å². The monoisotopic (exact) mass is 358 g/mol. The van der Waals surface area contributed by atoms with Crippen LogP contribution in [0, 0.1) is 10.5 Å². The van der Waals surface area contributed by atoms with Crippen LogP contribution in [0.5, 0.6) is 5.75 Å². The molecule has 0 unspecified atom stereocenters. The molecule has 1 aromatic heterocycles. The summed E-state index contributed by atoms with van der Waals surface area (Å²) < 4.78 is 11.9. The van der Waals surface area contributed by atoms with Crippen molar-refractivity contribution >= 4 is 28.6 Å². The molecule has 1 heterocycles. The van der Waals surface area contributed by atoms with Gasteiger partial charge < -0.3 is 14.3 Å². The summed E-state index contributed by atoms with van der Waals surface area (Å²) in [6, 6.07) is 9.08. The lowest BCUT2D eigenvalue weighted by Gasteiger charge is -2.03. The van der Waals surface area contributed by atoms with Crippen molar-refractivity contribution < 1.29 is 19.1 Å². The minimum atomic E-state index is -0.989. The van der Waals surface area contributed by atoms with E-state index in [9.17, 15) is 4.79 Å². The number of carboxylic acid groups (broad SMARTS) is 1. The van der Waals surface area contributed by atoms with E-state index in [2.05, 4.69) is 22.6 Å². The second-order valence-corrected chi connectivity index (χ2v) is 4.98. The average molecular weight is 358 g/mol. The molecule has 0 saturated heterocycles. The van der Waals surface area contributed by atoms with E-state index in [-0.39, 0.29) is 12.2 Å². The van der Waals surface area contributed by atoms with E-state index >= 15 is 0 Å². The molecule has 1 aromatic carbocycles. The number of hydrogen-bond acceptors (Lipinski definition) is 3. The van der Waals surface area contributed by atoms with Gasteiger partial charge in [0, 0.05) is 3.57 Å². The molecule has 0 spiro atoms. The maximum atomic E-state index is 10.8. The first-order valence-electron chi connectivity index (χ1n) is 5.27. The number of ether oxygens (including phenoxy) is 1. The summed E-state index contributed by atoms with van der Waals surface area (Å²) in [6.45, 7) is 1.84. The molecule has 0 atom stereocenters. The second kappa shape index (κ2) is 5.43. The standard InChI is InChI=1S/C13H11IO4/c1-8-12(13(15)16)6-11(18-8)7-17-10-4-2-9(14)3-5-10/h2-6H,7H2,1H3,(H,15,16). The molecule has 0 fully saturated rings. The zero-order valence-corrected chi connectivity index (χ0v) is 11.8. The molecule has 2 rings (SSSR count). The van der Waals surface area contributed by atoms with Crippen molar-refractivity contribution in [2.75, 3.05) is 0 Å². The number of aromatic carboxylic acids is 1. The fraction of sp³-hybridized carbons (Fsp3) is 0.154. The van der Waals surface area contributed by atoms with E-state index in [1.807, 2.05) is 24.3 Å². The molecule has 94 valence electrons. The van der Waals surface area contributed by atoms with Crippen LogP contribution in [0.2, 0.25) is 0 Å². The Morgan fingerprint density at radius 3 is 2.61 bits per heavy atom. The molecule has 4 nitrogen and oxygen atoms in total. The summed E-state index contributed by atoms with van der Waals surface area (Å²) in [5, 5.41) is 8.89. The molecule has 0 saturated carbocycles. The molecule has 0 aliphatic heterocycles. The Balaban J connectivity index is 2.04. The molecule has 18 heavy (non-hydrogen) atoms. The number of hydrogen-bond donors (Lipinski definition) is 1. The molecular formula is C13H11IO4. The van der Waals surface area contributed by atoms with Crippen LogP contribution in [-0.2, 0) is 6.61 Å². The summed E-state index contributed by atoms with van der Waals surface area (Å²) in [6.07, 6.45) is 0. The van der Waals surface area contributed by atoms with Gasteiger partial charge in [-0.25, -0.2) is 4.79 Å². The lowest BCUT2D eigenvalue weighted by Crippen LogP contribution is -1.96. The molecule has 0 aliphatic rings. The number of benzene rings is 1. The van der Waals surface area contributed by atoms with Crippen LogP contribution in [0.1, 0.15) is 21.9 Å². The lowest BCUT2D eigenvalue weighted by atomic mass is 10.2. The molecule has 0 amide bonds. The molecule has 5 heteroatoms. The van der Waals surface area contributed by atoms with Crippen LogP contribution in [0.4, 0.5) is 0 Å². The van der Waals surface area contributed by atoms with Gasteiger partial charge in [0.05, 0.1) is 0 Å². The summed E-state index contributed by atoms with van der Waals surface area (Å²) in [4.78, 5) is 10.8. The van der Waals surface area contributed by atoms with Gasteiger partial charge in [-0.1, -0.05) is 0 Å². The number of rotatable bonds is 4. The maximum Gasteiger partial charge on any atom is 0.339 e. The van der Waals surface area contributed by atoms with Crippen molar-refractivity contribution in [2.24, 2.45) is 0 Å². The second-order valence-electron chi connectivity index (χ2n) is 3.73. The Labute approximate surface area is 118 Å². The van der Waals surface area contributed by atoms with E-state index in [4.69, 9.17) is 14.3 Å². The molecule has 2 aromatic rings. The van der Waals surface area contributed by atoms with E-state index in [0.29, 0.717) is 11.5 Å². The van der Waals surface area contributed by atoms with Gasteiger partial charge >= 0.3 is 5.97 Å². The number of aryl methyl sites for hydroxylation is 1. The quantitative estimate of drug-likeness (QED) is 0.851. The van der Waals surface area contributed by atoms with E-state index in [1.165, 1.54) is 6.07 Å². The number of carboxylic acids is 1. The van der Waals surface area contributed by atoms with Gasteiger partial charge in [-0.05, 0) is 59.8 Å². The highest BCUT2D eigenvalue weighted by Gasteiger charge is 2.13. The van der Waals surface area contributed by atoms with Crippen molar-refractivity contribution in [3.63, 3.8) is 0 Å². The van der Waals surface area contributed by atoms with E-state index in [1.54, 1.807) is 6.92 Å². The van der Waals surface area contributed by atoms with Gasteiger partial charge in [0.1, 0.15) is 29.4 Å². The minimum Gasteiger partial charge on any atom is -0.486 e. The minimum absolute atomic E-state index is 0.177. The van der Waals surface area contributed by atoms with Crippen LogP contribution in [-0.4, -0.2) is 11.1 Å². The predicted octanol–water partition coefficient (Wildman–Crippen LogP) is 3.47. The molecule has 1 N–H and O–H groups in total. The summed E-state index contributed by atoms with van der Waals surface area (Å²) in [5.41, 5.74) is 0.177. The van der Waals surface area contributed by atoms with Crippen molar-refractivity contribution in [3.05, 3.63) is 51.0 Å². The van der Waals surface area contributed by atoms with Crippen LogP contribution in [0.3, 0.4) is 0 Å². The Kier molecular flexibility index (Phi) is 3.90. The highest BCUT2D eigenvalue weighted by Crippen LogP contribution is 2.18. The van der Waals surface area contributed by atoms with Crippen LogP contribution < -0.4 is 4.74 Å². The zero-order valence-electron chi connectivity index (χ0n) is 9.64. The summed E-state index contributed by atoms with van der Waals surface area (Å²) in [7, 11) is 0. The van der Waals surface area contributed by atoms with Crippen LogP contribution >= 0.6 is 22.6 Å². The largest absolute Gasteiger partial charge is 0.486 e. The van der Waals surface area contributed by atoms with Gasteiger partial charge in [-0.15, -0.1) is 0 Å². The van der Waals surface area contributed by atoms with Gasteiger partial charge in [-0.2, -0.15) is 0 Å². The summed E-state index contributed by atoms with van der Waals surface area (Å²) >= 11 is 2.21. The first-order valence-corrected chi connectivity index (χ1v) is 6.35. The van der Waals surface area contributed by atoms with E-state index < -0.39 is 5.97 Å². The lowest BCUT2D eigenvalue weighted by molar-refractivity contribution is 0.0695. The highest BCUT2D eigenvalue weighted by molar-refractivity contribution is 14.1. The molecule has 0 radical (unpaired) electrons. The molecule has 0 bridgehead atoms. The topological polar surface area (TPSA) is 59.7 Å². The first kappa shape index (κ1) is 12.9. The maximum absolute atomic E-state index is 10.8. The Morgan fingerprint density at radius 2 is 2.06 bits per heavy atom. The number of furan rings is 1. The number of halogens is 1. The normalized spacial score (nSPS) is 10.3. The van der Waals surface area contributed by atoms with Gasteiger partial charge in [0.2, 0.25) is 0 Å². The average Bonchev–Trinajstić information content (AvgIpc) is 2.70. The summed E-state index contributed by atoms with van der Waals surface area (Å²) in [5.74, 6) is 0.630. The third-order valence-electron chi connectivity index (χ3n) is 2.39. The number of carbonyl (C=O) groups is 1. The zero-order chi connectivity index (χ0) is 13.1. The smallest absolute Gasteiger partial charge is 0.339 e. The third-order valence-corrected chi connectivity index (χ3v) is 3.11. The van der Waals surface area contributed by atoms with Crippen LogP contribution in [0.15, 0.2) is 34.7 Å². The molecular weight excluding hydrogens is 347 g/mol. The first-order chi connectivity index (χ1) is 8.56. The SMILES string of the molecule is Cc1oc(COc2ccc(I)cc2)cc1C(=O)O. The van der Waals surface area contributed by atoms with Gasteiger partial charge in [0.25, 0.3) is 0 Å². The van der Waals surface area contributed by atoms with Crippen molar-refractivity contribution in [3.8, 4) is 5.75 Å².